The molecule has 0 amide bonds. The second-order valence-corrected chi connectivity index (χ2v) is 3.73. The Bertz CT molecular complexity index is 482. The maximum absolute atomic E-state index is 5.54. The Morgan fingerprint density at radius 1 is 1.12 bits per heavy atom. The molecule has 0 aliphatic carbocycles. The molecule has 2 rings (SSSR count). The maximum Gasteiger partial charge on any atom is 0.118 e. The number of nitrogens with two attached hydrogens (primary N) is 1. The first-order valence-electron chi connectivity index (χ1n) is 5.44. The minimum Gasteiger partial charge on any atom is -0.497 e. The predicted octanol–water partition coefficient (Wildman–Crippen LogP) is 1.53. The van der Waals surface area contributed by atoms with Crippen molar-refractivity contribution in [2.24, 2.45) is 5.73 Å². The van der Waals surface area contributed by atoms with Gasteiger partial charge < -0.3 is 10.5 Å². The fourth-order valence-electron chi connectivity index (χ4n) is 1.60. The Morgan fingerprint density at radius 3 is 2.47 bits per heavy atom. The van der Waals surface area contributed by atoms with Gasteiger partial charge in [-0.3, -0.25) is 0 Å². The third kappa shape index (κ3) is 3.01. The second kappa shape index (κ2) is 5.41. The summed E-state index contributed by atoms with van der Waals surface area (Å²) in [5.41, 5.74) is 8.57. The Kier molecular flexibility index (Phi) is 3.67. The number of methoxy groups -OCH3 is 1. The maximum atomic E-state index is 5.54. The largest absolute Gasteiger partial charge is 0.497 e. The standard InChI is InChI=1S/C13H15N3O/c1-17-13-4-2-10(3-5-13)6-11-7-12(8-14)16-9-15-11/h2-5,7,9H,6,8,14H2,1H3. The normalized spacial score (nSPS) is 10.2. The number of aromatic nitrogens is 2. The quantitative estimate of drug-likeness (QED) is 0.863. The Morgan fingerprint density at radius 2 is 1.82 bits per heavy atom. The molecule has 1 heterocycles. The molecule has 88 valence electrons. The molecule has 1 aromatic heterocycles. The fraction of sp³-hybridized carbons (Fsp3) is 0.231. The first-order valence-corrected chi connectivity index (χ1v) is 5.44. The van der Waals surface area contributed by atoms with E-state index in [9.17, 15) is 0 Å². The molecule has 1 aromatic carbocycles. The van der Waals surface area contributed by atoms with Crippen molar-refractivity contribution in [3.05, 3.63) is 53.6 Å². The molecule has 0 aliphatic heterocycles. The summed E-state index contributed by atoms with van der Waals surface area (Å²) < 4.78 is 5.11. The van der Waals surface area contributed by atoms with Crippen LogP contribution < -0.4 is 10.5 Å². The van der Waals surface area contributed by atoms with Gasteiger partial charge in [0.2, 0.25) is 0 Å². The van der Waals surface area contributed by atoms with Crippen LogP contribution in [-0.2, 0) is 13.0 Å². The lowest BCUT2D eigenvalue weighted by molar-refractivity contribution is 0.414. The zero-order valence-electron chi connectivity index (χ0n) is 9.76. The smallest absolute Gasteiger partial charge is 0.118 e. The topological polar surface area (TPSA) is 61.0 Å². The molecule has 0 atom stereocenters. The van der Waals surface area contributed by atoms with Gasteiger partial charge in [-0.2, -0.15) is 0 Å². The van der Waals surface area contributed by atoms with Gasteiger partial charge in [-0.25, -0.2) is 9.97 Å². The van der Waals surface area contributed by atoms with Gasteiger partial charge in [-0.15, -0.1) is 0 Å². The van der Waals surface area contributed by atoms with Crippen molar-refractivity contribution in [1.82, 2.24) is 9.97 Å². The molecule has 4 heteroatoms. The van der Waals surface area contributed by atoms with Crippen LogP contribution in [0.15, 0.2) is 36.7 Å². The van der Waals surface area contributed by atoms with Gasteiger partial charge in [-0.05, 0) is 23.8 Å². The summed E-state index contributed by atoms with van der Waals surface area (Å²) >= 11 is 0. The fourth-order valence-corrected chi connectivity index (χ4v) is 1.60. The molecule has 0 spiro atoms. The van der Waals surface area contributed by atoms with Crippen LogP contribution in [0.5, 0.6) is 5.75 Å². The molecular formula is C13H15N3O. The lowest BCUT2D eigenvalue weighted by atomic mass is 10.1. The zero-order valence-corrected chi connectivity index (χ0v) is 9.76. The predicted molar refractivity (Wildman–Crippen MR) is 65.7 cm³/mol. The highest BCUT2D eigenvalue weighted by atomic mass is 16.5. The minimum atomic E-state index is 0.443. The number of nitrogens with zero attached hydrogens (tertiary/aromatic N) is 2. The van der Waals surface area contributed by atoms with Gasteiger partial charge in [0.25, 0.3) is 0 Å². The van der Waals surface area contributed by atoms with Crippen molar-refractivity contribution in [2.45, 2.75) is 13.0 Å². The van der Waals surface area contributed by atoms with Gasteiger partial charge in [0.15, 0.2) is 0 Å². The number of rotatable bonds is 4. The van der Waals surface area contributed by atoms with Crippen LogP contribution in [0.1, 0.15) is 17.0 Å². The van der Waals surface area contributed by atoms with Crippen LogP contribution in [0.2, 0.25) is 0 Å². The van der Waals surface area contributed by atoms with E-state index in [1.54, 1.807) is 13.4 Å². The number of ether oxygens (including phenoxy) is 1. The second-order valence-electron chi connectivity index (χ2n) is 3.73. The van der Waals surface area contributed by atoms with Crippen molar-refractivity contribution in [3.8, 4) is 5.75 Å². The van der Waals surface area contributed by atoms with E-state index in [1.165, 1.54) is 5.56 Å². The lowest BCUT2D eigenvalue weighted by Crippen LogP contribution is -2.02. The number of benzene rings is 1. The third-order valence-electron chi connectivity index (χ3n) is 2.53. The monoisotopic (exact) mass is 229 g/mol. The summed E-state index contributed by atoms with van der Waals surface area (Å²) in [4.78, 5) is 8.30. The molecular weight excluding hydrogens is 214 g/mol. The molecule has 0 fully saturated rings. The van der Waals surface area contributed by atoms with E-state index in [2.05, 4.69) is 9.97 Å². The molecule has 17 heavy (non-hydrogen) atoms. The Labute approximate surface area is 100 Å². The SMILES string of the molecule is COc1ccc(Cc2cc(CN)ncn2)cc1. The summed E-state index contributed by atoms with van der Waals surface area (Å²) in [6.45, 7) is 0.443. The average molecular weight is 229 g/mol. The highest BCUT2D eigenvalue weighted by molar-refractivity contribution is 5.29. The lowest BCUT2D eigenvalue weighted by Gasteiger charge is -2.04. The average Bonchev–Trinajstić information content (AvgIpc) is 2.40. The van der Waals surface area contributed by atoms with Crippen molar-refractivity contribution in [2.75, 3.05) is 7.11 Å². The van der Waals surface area contributed by atoms with Crippen LogP contribution in [0, 0.1) is 0 Å². The summed E-state index contributed by atoms with van der Waals surface area (Å²) in [5.74, 6) is 0.860. The zero-order chi connectivity index (χ0) is 12.1. The molecule has 2 aromatic rings. The molecule has 0 bridgehead atoms. The molecule has 2 N–H and O–H groups in total. The van der Waals surface area contributed by atoms with Crippen molar-refractivity contribution in [1.29, 1.82) is 0 Å². The van der Waals surface area contributed by atoms with Crippen molar-refractivity contribution < 1.29 is 4.74 Å². The Balaban J connectivity index is 2.13. The van der Waals surface area contributed by atoms with Gasteiger partial charge in [0.1, 0.15) is 12.1 Å². The van der Waals surface area contributed by atoms with E-state index in [0.29, 0.717) is 6.54 Å². The molecule has 0 saturated carbocycles. The van der Waals surface area contributed by atoms with E-state index in [1.807, 2.05) is 30.3 Å². The van der Waals surface area contributed by atoms with E-state index in [-0.39, 0.29) is 0 Å². The van der Waals surface area contributed by atoms with Crippen LogP contribution in [0.25, 0.3) is 0 Å². The van der Waals surface area contributed by atoms with Crippen molar-refractivity contribution in [3.63, 3.8) is 0 Å². The Hall–Kier alpha value is -1.94. The molecule has 4 nitrogen and oxygen atoms in total. The number of hydrogen-bond acceptors (Lipinski definition) is 4. The number of hydrogen-bond donors (Lipinski definition) is 1. The van der Waals surface area contributed by atoms with Crippen LogP contribution in [0.3, 0.4) is 0 Å². The van der Waals surface area contributed by atoms with Crippen molar-refractivity contribution >= 4 is 0 Å². The van der Waals surface area contributed by atoms with Gasteiger partial charge >= 0.3 is 0 Å². The summed E-state index contributed by atoms with van der Waals surface area (Å²) in [6.07, 6.45) is 2.33. The third-order valence-corrected chi connectivity index (χ3v) is 2.53. The highest BCUT2D eigenvalue weighted by Gasteiger charge is 2.00. The molecule has 0 saturated heterocycles. The van der Waals surface area contributed by atoms with E-state index in [0.717, 1.165) is 23.6 Å². The van der Waals surface area contributed by atoms with Gasteiger partial charge in [0, 0.05) is 18.7 Å². The summed E-state index contributed by atoms with van der Waals surface area (Å²) in [6, 6.07) is 9.89. The summed E-state index contributed by atoms with van der Waals surface area (Å²) in [7, 11) is 1.66. The van der Waals surface area contributed by atoms with Crippen LogP contribution in [0.4, 0.5) is 0 Å². The molecule has 0 aliphatic rings. The minimum absolute atomic E-state index is 0.443. The van der Waals surface area contributed by atoms with Gasteiger partial charge in [-0.1, -0.05) is 12.1 Å². The van der Waals surface area contributed by atoms with E-state index in [4.69, 9.17) is 10.5 Å². The highest BCUT2D eigenvalue weighted by Crippen LogP contribution is 2.13. The molecule has 0 unspecified atom stereocenters. The molecule has 0 radical (unpaired) electrons. The summed E-state index contributed by atoms with van der Waals surface area (Å²) in [5, 5.41) is 0. The van der Waals surface area contributed by atoms with Crippen LogP contribution >= 0.6 is 0 Å². The van der Waals surface area contributed by atoms with Crippen LogP contribution in [-0.4, -0.2) is 17.1 Å². The first-order chi connectivity index (χ1) is 8.31. The van der Waals surface area contributed by atoms with E-state index >= 15 is 0 Å². The first kappa shape index (κ1) is 11.5. The van der Waals surface area contributed by atoms with E-state index < -0.39 is 0 Å². The van der Waals surface area contributed by atoms with Gasteiger partial charge in [0.05, 0.1) is 12.8 Å².